The van der Waals surface area contributed by atoms with Gasteiger partial charge in [0.05, 0.1) is 6.33 Å². The first-order chi connectivity index (χ1) is 14.8. The number of hydrogen-bond acceptors (Lipinski definition) is 3. The predicted octanol–water partition coefficient (Wildman–Crippen LogP) is 5.08. The fourth-order valence-electron chi connectivity index (χ4n) is 3.27. The van der Waals surface area contributed by atoms with Crippen LogP contribution in [-0.4, -0.2) is 15.5 Å². The molecule has 4 nitrogen and oxygen atoms in total. The average Bonchev–Trinajstić information content (AvgIpc) is 3.31. The minimum atomic E-state index is -0.311. The Hall–Kier alpha value is -3.31. The zero-order valence-corrected chi connectivity index (χ0v) is 17.3. The minimum Gasteiger partial charge on any atom is -0.351 e. The number of thioether (sulfide) groups is 1. The first kappa shape index (κ1) is 20.0. The van der Waals surface area contributed by atoms with Crippen molar-refractivity contribution < 1.29 is 4.79 Å². The van der Waals surface area contributed by atoms with Gasteiger partial charge in [-0.1, -0.05) is 72.8 Å². The Morgan fingerprint density at radius 1 is 0.900 bits per heavy atom. The van der Waals surface area contributed by atoms with Gasteiger partial charge in [-0.15, -0.1) is 11.8 Å². The summed E-state index contributed by atoms with van der Waals surface area (Å²) in [7, 11) is 0. The number of nitrogens with zero attached hydrogens (tertiary/aromatic N) is 2. The molecule has 1 atom stereocenters. The Labute approximate surface area is 181 Å². The lowest BCUT2D eigenvalue weighted by molar-refractivity contribution is -0.120. The Morgan fingerprint density at radius 3 is 2.27 bits per heavy atom. The lowest BCUT2D eigenvalue weighted by Gasteiger charge is -2.18. The summed E-state index contributed by atoms with van der Waals surface area (Å²) in [6.45, 7) is 1.22. The minimum absolute atomic E-state index is 0.00693. The number of carbonyl (C=O) groups excluding carboxylic acids is 1. The highest BCUT2D eigenvalue weighted by atomic mass is 32.2. The molecule has 0 aliphatic carbocycles. The molecule has 0 spiro atoms. The number of hydrogen-bond donors (Lipinski definition) is 1. The van der Waals surface area contributed by atoms with Gasteiger partial charge in [-0.25, -0.2) is 4.98 Å². The fraction of sp³-hybridized carbons (Fsp3) is 0.120. The van der Waals surface area contributed by atoms with Gasteiger partial charge in [0.2, 0.25) is 5.91 Å². The molecule has 1 amide bonds. The monoisotopic (exact) mass is 413 g/mol. The van der Waals surface area contributed by atoms with Crippen molar-refractivity contribution in [1.82, 2.24) is 14.9 Å². The summed E-state index contributed by atoms with van der Waals surface area (Å²) in [5.74, 6) is 0.00693. The Bertz CT molecular complexity index is 1070. The molecular weight excluding hydrogens is 390 g/mol. The number of benzene rings is 3. The molecule has 4 aromatic rings. The summed E-state index contributed by atoms with van der Waals surface area (Å²) in [5.41, 5.74) is 3.27. The number of amides is 1. The van der Waals surface area contributed by atoms with Crippen LogP contribution in [0.3, 0.4) is 0 Å². The second-order valence-electron chi connectivity index (χ2n) is 6.94. The summed E-state index contributed by atoms with van der Waals surface area (Å²) in [4.78, 5) is 18.4. The summed E-state index contributed by atoms with van der Waals surface area (Å²) in [6, 6.07) is 28.2. The van der Waals surface area contributed by atoms with Crippen molar-refractivity contribution in [2.45, 2.75) is 23.2 Å². The van der Waals surface area contributed by atoms with E-state index in [1.54, 1.807) is 24.3 Å². The van der Waals surface area contributed by atoms with Crippen LogP contribution < -0.4 is 5.32 Å². The van der Waals surface area contributed by atoms with E-state index in [1.807, 2.05) is 83.6 Å². The molecule has 0 aliphatic heterocycles. The van der Waals surface area contributed by atoms with Crippen molar-refractivity contribution in [3.8, 4) is 0 Å². The Balaban J connectivity index is 1.49. The van der Waals surface area contributed by atoms with Gasteiger partial charge in [-0.05, 0) is 28.8 Å². The van der Waals surface area contributed by atoms with Gasteiger partial charge in [-0.2, -0.15) is 0 Å². The Morgan fingerprint density at radius 2 is 1.57 bits per heavy atom. The fourth-order valence-corrected chi connectivity index (χ4v) is 4.34. The van der Waals surface area contributed by atoms with Gasteiger partial charge in [-0.3, -0.25) is 4.79 Å². The van der Waals surface area contributed by atoms with Crippen molar-refractivity contribution >= 4 is 17.7 Å². The van der Waals surface area contributed by atoms with E-state index in [9.17, 15) is 4.79 Å². The van der Waals surface area contributed by atoms with Gasteiger partial charge in [0.1, 0.15) is 5.25 Å². The summed E-state index contributed by atoms with van der Waals surface area (Å²) >= 11 is 1.57. The molecule has 150 valence electrons. The molecule has 1 aromatic heterocycles. The maximum absolute atomic E-state index is 13.2. The van der Waals surface area contributed by atoms with Crippen LogP contribution in [-0.2, 0) is 17.9 Å². The molecule has 1 unspecified atom stereocenters. The third kappa shape index (κ3) is 5.19. The second kappa shape index (κ2) is 9.94. The van der Waals surface area contributed by atoms with E-state index in [4.69, 9.17) is 0 Å². The summed E-state index contributed by atoms with van der Waals surface area (Å²) in [6.07, 6.45) is 5.52. The topological polar surface area (TPSA) is 46.9 Å². The molecule has 1 heterocycles. The molecule has 4 rings (SSSR count). The van der Waals surface area contributed by atoms with E-state index >= 15 is 0 Å². The lowest BCUT2D eigenvalue weighted by Crippen LogP contribution is -2.28. The number of aromatic nitrogens is 2. The number of imidazole rings is 1. The summed E-state index contributed by atoms with van der Waals surface area (Å²) in [5, 5.41) is 2.84. The molecule has 0 aliphatic rings. The highest BCUT2D eigenvalue weighted by Crippen LogP contribution is 2.35. The number of rotatable bonds is 8. The van der Waals surface area contributed by atoms with Crippen LogP contribution >= 0.6 is 11.8 Å². The highest BCUT2D eigenvalue weighted by molar-refractivity contribution is 8.00. The van der Waals surface area contributed by atoms with E-state index in [0.717, 1.165) is 22.6 Å². The van der Waals surface area contributed by atoms with Crippen molar-refractivity contribution in [3.05, 3.63) is 120 Å². The SMILES string of the molecule is O=C(NCc1ccccc1Cn1ccnc1)C(Sc1ccccc1)c1ccccc1. The van der Waals surface area contributed by atoms with E-state index in [0.29, 0.717) is 6.54 Å². The van der Waals surface area contributed by atoms with Crippen LogP contribution in [0.2, 0.25) is 0 Å². The Kier molecular flexibility index (Phi) is 6.62. The zero-order chi connectivity index (χ0) is 20.6. The van der Waals surface area contributed by atoms with Crippen LogP contribution in [0.5, 0.6) is 0 Å². The van der Waals surface area contributed by atoms with Crippen molar-refractivity contribution in [2.24, 2.45) is 0 Å². The van der Waals surface area contributed by atoms with Crippen LogP contribution in [0.4, 0.5) is 0 Å². The predicted molar refractivity (Wildman–Crippen MR) is 121 cm³/mol. The second-order valence-corrected chi connectivity index (χ2v) is 8.12. The third-order valence-electron chi connectivity index (χ3n) is 4.82. The maximum atomic E-state index is 13.2. The van der Waals surface area contributed by atoms with Gasteiger partial charge < -0.3 is 9.88 Å². The van der Waals surface area contributed by atoms with Crippen LogP contribution in [0.1, 0.15) is 21.9 Å². The lowest BCUT2D eigenvalue weighted by atomic mass is 10.1. The van der Waals surface area contributed by atoms with Crippen molar-refractivity contribution in [2.75, 3.05) is 0 Å². The van der Waals surface area contributed by atoms with Gasteiger partial charge in [0.15, 0.2) is 0 Å². The standard InChI is InChI=1S/C25H23N3OS/c29-25(24(20-9-3-1-4-10-20)30-23-13-5-2-6-14-23)27-17-21-11-7-8-12-22(21)18-28-16-15-26-19-28/h1-16,19,24H,17-18H2,(H,27,29). The molecule has 0 radical (unpaired) electrons. The highest BCUT2D eigenvalue weighted by Gasteiger charge is 2.22. The smallest absolute Gasteiger partial charge is 0.238 e. The third-order valence-corrected chi connectivity index (χ3v) is 6.09. The molecule has 3 aromatic carbocycles. The van der Waals surface area contributed by atoms with E-state index < -0.39 is 0 Å². The average molecular weight is 414 g/mol. The van der Waals surface area contributed by atoms with Crippen LogP contribution in [0, 0.1) is 0 Å². The normalized spacial score (nSPS) is 11.7. The molecule has 30 heavy (non-hydrogen) atoms. The van der Waals surface area contributed by atoms with Gasteiger partial charge >= 0.3 is 0 Å². The van der Waals surface area contributed by atoms with Crippen LogP contribution in [0.15, 0.2) is 109 Å². The van der Waals surface area contributed by atoms with E-state index in [2.05, 4.69) is 22.4 Å². The van der Waals surface area contributed by atoms with Crippen LogP contribution in [0.25, 0.3) is 0 Å². The van der Waals surface area contributed by atoms with E-state index in [-0.39, 0.29) is 11.2 Å². The molecule has 0 saturated carbocycles. The maximum Gasteiger partial charge on any atom is 0.238 e. The van der Waals surface area contributed by atoms with Crippen molar-refractivity contribution in [1.29, 1.82) is 0 Å². The quantitative estimate of drug-likeness (QED) is 0.410. The number of nitrogens with one attached hydrogen (secondary N) is 1. The molecule has 0 bridgehead atoms. The summed E-state index contributed by atoms with van der Waals surface area (Å²) < 4.78 is 2.03. The van der Waals surface area contributed by atoms with Gasteiger partial charge in [0, 0.05) is 30.4 Å². The molecule has 0 saturated heterocycles. The van der Waals surface area contributed by atoms with E-state index in [1.165, 1.54) is 5.56 Å². The molecule has 5 heteroatoms. The largest absolute Gasteiger partial charge is 0.351 e. The first-order valence-electron chi connectivity index (χ1n) is 9.86. The molecule has 0 fully saturated rings. The molecular formula is C25H23N3OS. The number of carbonyl (C=O) groups is 1. The zero-order valence-electron chi connectivity index (χ0n) is 16.5. The molecule has 1 N–H and O–H groups in total. The first-order valence-corrected chi connectivity index (χ1v) is 10.7. The van der Waals surface area contributed by atoms with Gasteiger partial charge in [0.25, 0.3) is 0 Å². The van der Waals surface area contributed by atoms with Crippen molar-refractivity contribution in [3.63, 3.8) is 0 Å².